The van der Waals surface area contributed by atoms with Gasteiger partial charge in [0.25, 0.3) is 0 Å². The normalized spacial score (nSPS) is 24.1. The molecule has 0 heterocycles. The van der Waals surface area contributed by atoms with Crippen molar-refractivity contribution in [2.24, 2.45) is 11.8 Å². The highest BCUT2D eigenvalue weighted by molar-refractivity contribution is 4.92. The van der Waals surface area contributed by atoms with Crippen LogP contribution in [0.4, 0.5) is 0 Å². The van der Waals surface area contributed by atoms with E-state index in [1.807, 2.05) is 0 Å². The maximum Gasteiger partial charge on any atom is 0.0574 e. The van der Waals surface area contributed by atoms with Gasteiger partial charge in [-0.2, -0.15) is 0 Å². The maximum absolute atomic E-state index is 10.1. The van der Waals surface area contributed by atoms with Gasteiger partial charge < -0.3 is 5.11 Å². The molecule has 0 spiro atoms. The molecule has 2 atom stereocenters. The van der Waals surface area contributed by atoms with Gasteiger partial charge >= 0.3 is 0 Å². The quantitative estimate of drug-likeness (QED) is 0.667. The average molecular weight is 196 g/mol. The van der Waals surface area contributed by atoms with E-state index < -0.39 is 0 Å². The van der Waals surface area contributed by atoms with E-state index in [9.17, 15) is 5.11 Å². The number of allylic oxidation sites excluding steroid dienone is 2. The molecule has 0 radical (unpaired) electrons. The van der Waals surface area contributed by atoms with E-state index in [1.165, 1.54) is 19.3 Å². The third kappa shape index (κ3) is 3.45. The molecular formula is C13H24O. The smallest absolute Gasteiger partial charge is 0.0574 e. The van der Waals surface area contributed by atoms with Crippen LogP contribution in [0, 0.1) is 11.8 Å². The van der Waals surface area contributed by atoms with Crippen LogP contribution in [0.15, 0.2) is 12.2 Å². The van der Waals surface area contributed by atoms with E-state index in [-0.39, 0.29) is 6.10 Å². The van der Waals surface area contributed by atoms with E-state index in [2.05, 4.69) is 26.0 Å². The van der Waals surface area contributed by atoms with E-state index >= 15 is 0 Å². The van der Waals surface area contributed by atoms with Gasteiger partial charge in [0.15, 0.2) is 0 Å². The number of hydrogen-bond acceptors (Lipinski definition) is 1. The zero-order valence-electron chi connectivity index (χ0n) is 9.58. The molecule has 1 N–H and O–H groups in total. The molecule has 0 saturated heterocycles. The molecule has 0 aromatic rings. The fourth-order valence-corrected chi connectivity index (χ4v) is 2.32. The Kier molecular flexibility index (Phi) is 5.24. The Balaban J connectivity index is 2.32. The fraction of sp³-hybridized carbons (Fsp3) is 0.846. The highest BCUT2D eigenvalue weighted by atomic mass is 16.3. The molecule has 0 bridgehead atoms. The van der Waals surface area contributed by atoms with Gasteiger partial charge in [-0.05, 0) is 37.5 Å². The van der Waals surface area contributed by atoms with Crippen molar-refractivity contribution in [2.45, 2.75) is 58.5 Å². The molecule has 0 saturated carbocycles. The van der Waals surface area contributed by atoms with Crippen molar-refractivity contribution in [1.82, 2.24) is 0 Å². The maximum atomic E-state index is 10.1. The number of rotatable bonds is 5. The van der Waals surface area contributed by atoms with Crippen LogP contribution in [-0.2, 0) is 0 Å². The molecule has 1 heteroatoms. The molecule has 1 aliphatic carbocycles. The summed E-state index contributed by atoms with van der Waals surface area (Å²) in [6.07, 6.45) is 11.2. The lowest BCUT2D eigenvalue weighted by molar-refractivity contribution is 0.0752. The molecule has 1 aliphatic rings. The second kappa shape index (κ2) is 6.23. The molecule has 82 valence electrons. The van der Waals surface area contributed by atoms with Crippen LogP contribution in [0.25, 0.3) is 0 Å². The van der Waals surface area contributed by atoms with Gasteiger partial charge in [-0.1, -0.05) is 38.8 Å². The Hall–Kier alpha value is -0.300. The molecule has 14 heavy (non-hydrogen) atoms. The summed E-state index contributed by atoms with van der Waals surface area (Å²) in [6.45, 7) is 4.45. The van der Waals surface area contributed by atoms with Crippen molar-refractivity contribution in [3.8, 4) is 0 Å². The SMILES string of the molecule is CCC(CC)CC(O)C1CC=CCC1. The van der Waals surface area contributed by atoms with Gasteiger partial charge in [0, 0.05) is 0 Å². The Morgan fingerprint density at radius 3 is 2.50 bits per heavy atom. The summed E-state index contributed by atoms with van der Waals surface area (Å²) in [4.78, 5) is 0. The first-order chi connectivity index (χ1) is 6.77. The lowest BCUT2D eigenvalue weighted by Gasteiger charge is -2.26. The van der Waals surface area contributed by atoms with E-state index in [4.69, 9.17) is 0 Å². The molecular weight excluding hydrogens is 172 g/mol. The molecule has 1 nitrogen and oxygen atoms in total. The first kappa shape index (κ1) is 11.8. The molecule has 0 fully saturated rings. The predicted molar refractivity (Wildman–Crippen MR) is 61.2 cm³/mol. The Morgan fingerprint density at radius 1 is 1.29 bits per heavy atom. The number of hydrogen-bond donors (Lipinski definition) is 1. The van der Waals surface area contributed by atoms with Crippen LogP contribution in [0.5, 0.6) is 0 Å². The van der Waals surface area contributed by atoms with Gasteiger partial charge in [0.05, 0.1) is 6.10 Å². The lowest BCUT2D eigenvalue weighted by atomic mass is 9.84. The summed E-state index contributed by atoms with van der Waals surface area (Å²) in [5.41, 5.74) is 0. The average Bonchev–Trinajstić information content (AvgIpc) is 2.26. The van der Waals surface area contributed by atoms with Crippen molar-refractivity contribution in [2.75, 3.05) is 0 Å². The summed E-state index contributed by atoms with van der Waals surface area (Å²) in [5.74, 6) is 1.25. The zero-order valence-corrected chi connectivity index (χ0v) is 9.58. The van der Waals surface area contributed by atoms with Crippen LogP contribution in [0.1, 0.15) is 52.4 Å². The summed E-state index contributed by atoms with van der Waals surface area (Å²) in [7, 11) is 0. The second-order valence-electron chi connectivity index (χ2n) is 4.53. The third-order valence-electron chi connectivity index (χ3n) is 3.58. The minimum atomic E-state index is -0.0650. The summed E-state index contributed by atoms with van der Waals surface area (Å²) < 4.78 is 0. The van der Waals surface area contributed by atoms with Crippen molar-refractivity contribution in [3.63, 3.8) is 0 Å². The van der Waals surface area contributed by atoms with Crippen LogP contribution >= 0.6 is 0 Å². The van der Waals surface area contributed by atoms with Crippen LogP contribution in [-0.4, -0.2) is 11.2 Å². The van der Waals surface area contributed by atoms with Crippen LogP contribution in [0.2, 0.25) is 0 Å². The van der Waals surface area contributed by atoms with Gasteiger partial charge in [0.2, 0.25) is 0 Å². The topological polar surface area (TPSA) is 20.2 Å². The van der Waals surface area contributed by atoms with Crippen molar-refractivity contribution in [1.29, 1.82) is 0 Å². The summed E-state index contributed by atoms with van der Waals surface area (Å²) in [5, 5.41) is 10.1. The zero-order chi connectivity index (χ0) is 10.4. The predicted octanol–water partition coefficient (Wildman–Crippen LogP) is 3.53. The molecule has 0 aromatic carbocycles. The van der Waals surface area contributed by atoms with E-state index in [1.54, 1.807) is 0 Å². The van der Waals surface area contributed by atoms with Gasteiger partial charge in [0.1, 0.15) is 0 Å². The van der Waals surface area contributed by atoms with Crippen molar-refractivity contribution >= 4 is 0 Å². The summed E-state index contributed by atoms with van der Waals surface area (Å²) in [6, 6.07) is 0. The number of aliphatic hydroxyl groups excluding tert-OH is 1. The van der Waals surface area contributed by atoms with E-state index in [0.717, 1.165) is 25.2 Å². The minimum absolute atomic E-state index is 0.0650. The fourth-order valence-electron chi connectivity index (χ4n) is 2.32. The van der Waals surface area contributed by atoms with Crippen LogP contribution in [0.3, 0.4) is 0 Å². The third-order valence-corrected chi connectivity index (χ3v) is 3.58. The molecule has 0 aromatic heterocycles. The molecule has 2 unspecified atom stereocenters. The first-order valence-corrected chi connectivity index (χ1v) is 6.11. The molecule has 0 aliphatic heterocycles. The Bertz CT molecular complexity index is 170. The van der Waals surface area contributed by atoms with Gasteiger partial charge in [-0.25, -0.2) is 0 Å². The first-order valence-electron chi connectivity index (χ1n) is 6.11. The molecule has 1 rings (SSSR count). The second-order valence-corrected chi connectivity index (χ2v) is 4.53. The standard InChI is InChI=1S/C13H24O/c1-3-11(4-2)10-13(14)12-8-6-5-7-9-12/h5-6,11-14H,3-4,7-10H2,1-2H3. The molecule has 0 amide bonds. The lowest BCUT2D eigenvalue weighted by Crippen LogP contribution is -2.24. The largest absolute Gasteiger partial charge is 0.393 e. The highest BCUT2D eigenvalue weighted by Gasteiger charge is 2.21. The van der Waals surface area contributed by atoms with Crippen LogP contribution < -0.4 is 0 Å². The minimum Gasteiger partial charge on any atom is -0.393 e. The summed E-state index contributed by atoms with van der Waals surface area (Å²) >= 11 is 0. The van der Waals surface area contributed by atoms with Gasteiger partial charge in [-0.3, -0.25) is 0 Å². The Labute approximate surface area is 88.2 Å². The van der Waals surface area contributed by atoms with Gasteiger partial charge in [-0.15, -0.1) is 0 Å². The van der Waals surface area contributed by atoms with Crippen molar-refractivity contribution in [3.05, 3.63) is 12.2 Å². The monoisotopic (exact) mass is 196 g/mol. The van der Waals surface area contributed by atoms with Crippen molar-refractivity contribution < 1.29 is 5.11 Å². The number of aliphatic hydroxyl groups is 1. The van der Waals surface area contributed by atoms with E-state index in [0.29, 0.717) is 5.92 Å². The Morgan fingerprint density at radius 2 is 2.00 bits per heavy atom. The highest BCUT2D eigenvalue weighted by Crippen LogP contribution is 2.27.